The highest BCUT2D eigenvalue weighted by atomic mass is 31.2. The number of carbonyl (C=O) groups excluding carboxylic acids is 4. The van der Waals surface area contributed by atoms with Crippen molar-refractivity contribution in [2.75, 3.05) is 39.6 Å². The number of ether oxygens (including phenoxy) is 4. The van der Waals surface area contributed by atoms with E-state index in [1.54, 1.807) is 0 Å². The van der Waals surface area contributed by atoms with Gasteiger partial charge in [0.05, 0.1) is 26.4 Å². The van der Waals surface area contributed by atoms with Crippen LogP contribution in [-0.4, -0.2) is 96.7 Å². The minimum Gasteiger partial charge on any atom is -0.462 e. The Kier molecular flexibility index (Phi) is 74.7. The third-order valence-corrected chi connectivity index (χ3v) is 22.0. The van der Waals surface area contributed by atoms with Gasteiger partial charge in [0.15, 0.2) is 12.2 Å². The number of carbonyl (C=O) groups is 4. The molecule has 0 aromatic rings. The first-order valence-electron chi connectivity index (χ1n) is 44.3. The first kappa shape index (κ1) is 103. The van der Waals surface area contributed by atoms with E-state index in [1.807, 2.05) is 0 Å². The molecule has 0 saturated heterocycles. The van der Waals surface area contributed by atoms with Crippen molar-refractivity contribution in [3.05, 3.63) is 0 Å². The molecular weight excluding hydrogens is 1370 g/mol. The minimum atomic E-state index is -4.97. The highest BCUT2D eigenvalue weighted by Crippen LogP contribution is 2.45. The second-order valence-corrected chi connectivity index (χ2v) is 35.3. The number of aliphatic hydroxyl groups excluding tert-OH is 1. The summed E-state index contributed by atoms with van der Waals surface area (Å²) in [6.45, 7) is 12.0. The van der Waals surface area contributed by atoms with Crippen molar-refractivity contribution >= 4 is 39.5 Å². The van der Waals surface area contributed by atoms with Crippen molar-refractivity contribution in [2.24, 2.45) is 17.8 Å². The molecule has 2 unspecified atom stereocenters. The Hall–Kier alpha value is -1.94. The molecule has 0 bridgehead atoms. The largest absolute Gasteiger partial charge is 0.472 e. The molecule has 0 fully saturated rings. The third-order valence-electron chi connectivity index (χ3n) is 20.1. The fraction of sp³-hybridized carbons (Fsp3) is 0.953. The Balaban J connectivity index is 5.21. The summed E-state index contributed by atoms with van der Waals surface area (Å²) in [5.74, 6) is 0.314. The van der Waals surface area contributed by atoms with Gasteiger partial charge in [-0.05, 0) is 43.4 Å². The van der Waals surface area contributed by atoms with Crippen molar-refractivity contribution in [1.29, 1.82) is 0 Å². The van der Waals surface area contributed by atoms with Crippen molar-refractivity contribution in [3.8, 4) is 0 Å². The van der Waals surface area contributed by atoms with Crippen LogP contribution in [0.15, 0.2) is 0 Å². The fourth-order valence-electron chi connectivity index (χ4n) is 13.4. The van der Waals surface area contributed by atoms with Gasteiger partial charge < -0.3 is 33.8 Å². The first-order chi connectivity index (χ1) is 50.7. The zero-order valence-electron chi connectivity index (χ0n) is 69.2. The van der Waals surface area contributed by atoms with Gasteiger partial charge in [-0.1, -0.05) is 402 Å². The number of phosphoric acid groups is 2. The van der Waals surface area contributed by atoms with Crippen LogP contribution in [0, 0.1) is 17.8 Å². The summed E-state index contributed by atoms with van der Waals surface area (Å²) in [5, 5.41) is 10.7. The van der Waals surface area contributed by atoms with Gasteiger partial charge in [0.25, 0.3) is 0 Å². The topological polar surface area (TPSA) is 237 Å². The van der Waals surface area contributed by atoms with E-state index in [9.17, 15) is 43.2 Å². The Morgan fingerprint density at radius 1 is 0.257 bits per heavy atom. The zero-order valence-corrected chi connectivity index (χ0v) is 71.0. The maximum absolute atomic E-state index is 13.1. The summed E-state index contributed by atoms with van der Waals surface area (Å²) in [7, 11) is -9.93. The van der Waals surface area contributed by atoms with E-state index in [0.29, 0.717) is 25.7 Å². The fourth-order valence-corrected chi connectivity index (χ4v) is 14.9. The van der Waals surface area contributed by atoms with Crippen LogP contribution in [0.4, 0.5) is 0 Å². The van der Waals surface area contributed by atoms with Gasteiger partial charge in [0.2, 0.25) is 0 Å². The highest BCUT2D eigenvalue weighted by molar-refractivity contribution is 7.47. The van der Waals surface area contributed by atoms with E-state index in [-0.39, 0.29) is 25.7 Å². The molecule has 0 aliphatic carbocycles. The van der Waals surface area contributed by atoms with E-state index >= 15 is 0 Å². The molecule has 105 heavy (non-hydrogen) atoms. The van der Waals surface area contributed by atoms with Crippen LogP contribution in [0.3, 0.4) is 0 Å². The standard InChI is InChI=1S/C86H168O17P2/c1-8-9-10-11-12-36-46-53-60-67-83(88)96-73-81(102-86(91)70-63-56-49-42-35-29-23-26-32-39-45-52-59-66-79(6)7)75-100-104(92,93)98-71-80(87)72-99-105(94,95)101-76-82(74-97-84(89)68-61-54-47-40-33-27-21-18-17-20-25-31-38-44-51-58-65-78(4)5)103-85(90)69-62-55-48-41-34-28-22-16-14-13-15-19-24-30-37-43-50-57-64-77(2)3/h77-82,87H,8-76H2,1-7H3,(H,92,93)(H,94,95)/t80-,81+,82+/m0/s1. The molecule has 0 aromatic carbocycles. The molecule has 0 amide bonds. The lowest BCUT2D eigenvalue weighted by molar-refractivity contribution is -0.161. The van der Waals surface area contributed by atoms with Gasteiger partial charge in [-0.15, -0.1) is 0 Å². The first-order valence-corrected chi connectivity index (χ1v) is 47.3. The lowest BCUT2D eigenvalue weighted by Crippen LogP contribution is -2.30. The summed E-state index contributed by atoms with van der Waals surface area (Å²) in [6.07, 6.45) is 66.7. The van der Waals surface area contributed by atoms with Gasteiger partial charge in [0.1, 0.15) is 19.3 Å². The summed E-state index contributed by atoms with van der Waals surface area (Å²) >= 11 is 0. The molecule has 5 atom stereocenters. The summed E-state index contributed by atoms with van der Waals surface area (Å²) in [6, 6.07) is 0. The minimum absolute atomic E-state index is 0.107. The molecule has 0 heterocycles. The number of phosphoric ester groups is 2. The average Bonchev–Trinajstić information content (AvgIpc) is 0.904. The highest BCUT2D eigenvalue weighted by Gasteiger charge is 2.30. The maximum atomic E-state index is 13.1. The van der Waals surface area contributed by atoms with Crippen LogP contribution in [0.2, 0.25) is 0 Å². The van der Waals surface area contributed by atoms with Crippen LogP contribution in [-0.2, 0) is 65.4 Å². The van der Waals surface area contributed by atoms with Crippen LogP contribution in [0.1, 0.15) is 453 Å². The number of esters is 4. The number of aliphatic hydroxyl groups is 1. The second-order valence-electron chi connectivity index (χ2n) is 32.4. The Morgan fingerprint density at radius 2 is 0.438 bits per heavy atom. The second kappa shape index (κ2) is 76.1. The molecule has 0 radical (unpaired) electrons. The zero-order chi connectivity index (χ0) is 77.2. The number of rotatable bonds is 84. The lowest BCUT2D eigenvalue weighted by atomic mass is 10.0. The van der Waals surface area contributed by atoms with Gasteiger partial charge >= 0.3 is 39.5 Å². The van der Waals surface area contributed by atoms with Crippen LogP contribution in [0.25, 0.3) is 0 Å². The molecule has 0 aromatic heterocycles. The summed E-state index contributed by atoms with van der Waals surface area (Å²) in [5.41, 5.74) is 0. The predicted molar refractivity (Wildman–Crippen MR) is 432 cm³/mol. The molecule has 19 heteroatoms. The van der Waals surface area contributed by atoms with Crippen LogP contribution >= 0.6 is 15.6 Å². The van der Waals surface area contributed by atoms with E-state index in [1.165, 1.54) is 263 Å². The third kappa shape index (κ3) is 79.9. The number of hydrogen-bond acceptors (Lipinski definition) is 15. The van der Waals surface area contributed by atoms with E-state index in [2.05, 4.69) is 48.5 Å². The van der Waals surface area contributed by atoms with Gasteiger partial charge in [-0.3, -0.25) is 37.3 Å². The molecule has 0 aliphatic heterocycles. The van der Waals surface area contributed by atoms with E-state index in [4.69, 9.17) is 37.0 Å². The quantitative estimate of drug-likeness (QED) is 0.0222. The van der Waals surface area contributed by atoms with E-state index in [0.717, 1.165) is 108 Å². The molecule has 0 spiro atoms. The van der Waals surface area contributed by atoms with Gasteiger partial charge in [-0.2, -0.15) is 0 Å². The number of hydrogen-bond donors (Lipinski definition) is 3. The lowest BCUT2D eigenvalue weighted by Gasteiger charge is -2.21. The molecule has 0 rings (SSSR count). The summed E-state index contributed by atoms with van der Waals surface area (Å²) in [4.78, 5) is 73.2. The SMILES string of the molecule is CCCCCCCCCCCC(=O)OC[C@H](COP(=O)(O)OC[C@H](O)COP(=O)(O)OC[C@@H](COC(=O)CCCCCCCCCCCCCCCCCCC(C)C)OC(=O)CCCCCCCCCCCCCCCCCCCCC(C)C)OC(=O)CCCCCCCCCCCCCCCC(C)C. The van der Waals surface area contributed by atoms with Crippen LogP contribution in [0.5, 0.6) is 0 Å². The predicted octanol–water partition coefficient (Wildman–Crippen LogP) is 26.1. The smallest absolute Gasteiger partial charge is 0.462 e. The molecular formula is C86H168O17P2. The number of unbranched alkanes of at least 4 members (excludes halogenated alkanes) is 52. The maximum Gasteiger partial charge on any atom is 0.472 e. The van der Waals surface area contributed by atoms with Gasteiger partial charge in [0, 0.05) is 25.7 Å². The Bertz CT molecular complexity index is 2030. The van der Waals surface area contributed by atoms with E-state index < -0.39 is 97.5 Å². The van der Waals surface area contributed by atoms with Gasteiger partial charge in [-0.25, -0.2) is 9.13 Å². The van der Waals surface area contributed by atoms with Crippen molar-refractivity contribution in [2.45, 2.75) is 471 Å². The van der Waals surface area contributed by atoms with Crippen molar-refractivity contribution in [3.63, 3.8) is 0 Å². The molecule has 624 valence electrons. The average molecular weight is 1540 g/mol. The van der Waals surface area contributed by atoms with Crippen LogP contribution < -0.4 is 0 Å². The monoisotopic (exact) mass is 1540 g/mol. The summed E-state index contributed by atoms with van der Waals surface area (Å²) < 4.78 is 68.8. The Labute approximate surface area is 645 Å². The molecule has 3 N–H and O–H groups in total. The van der Waals surface area contributed by atoms with Crippen molar-refractivity contribution < 1.29 is 80.2 Å². The molecule has 17 nitrogen and oxygen atoms in total. The normalized spacial score (nSPS) is 13.9. The van der Waals surface area contributed by atoms with Crippen molar-refractivity contribution in [1.82, 2.24) is 0 Å². The Morgan fingerprint density at radius 3 is 0.648 bits per heavy atom. The molecule has 0 aliphatic rings. The molecule has 0 saturated carbocycles.